The molecule has 84 valence electrons. The van der Waals surface area contributed by atoms with E-state index in [1.807, 2.05) is 0 Å². The molecule has 0 unspecified atom stereocenters. The van der Waals surface area contributed by atoms with Crippen LogP contribution in [-0.2, 0) is 9.47 Å². The van der Waals surface area contributed by atoms with E-state index in [2.05, 4.69) is 0 Å². The fourth-order valence-electron chi connectivity index (χ4n) is 1.71. The number of unbranched alkanes of at least 4 members (excludes halogenated alkanes) is 3. The van der Waals surface area contributed by atoms with Crippen LogP contribution in [0.1, 0.15) is 44.9 Å². The minimum Gasteiger partial charge on any atom is -0.385 e. The molecule has 0 heterocycles. The van der Waals surface area contributed by atoms with Gasteiger partial charge in [-0.15, -0.1) is 0 Å². The Morgan fingerprint density at radius 3 is 2.29 bits per heavy atom. The Kier molecular flexibility index (Phi) is 7.06. The van der Waals surface area contributed by atoms with Gasteiger partial charge in [0, 0.05) is 26.9 Å². The highest BCUT2D eigenvalue weighted by molar-refractivity contribution is 4.68. The third-order valence-corrected chi connectivity index (χ3v) is 2.97. The Labute approximate surface area is 88.0 Å². The second kappa shape index (κ2) is 8.25. The molecule has 2 heteroatoms. The molecule has 0 N–H and O–H groups in total. The van der Waals surface area contributed by atoms with Gasteiger partial charge in [-0.05, 0) is 31.6 Å². The highest BCUT2D eigenvalue weighted by atomic mass is 16.5. The van der Waals surface area contributed by atoms with Crippen molar-refractivity contribution in [3.63, 3.8) is 0 Å². The molecule has 1 aliphatic carbocycles. The van der Waals surface area contributed by atoms with E-state index in [-0.39, 0.29) is 0 Å². The van der Waals surface area contributed by atoms with Crippen LogP contribution in [0.5, 0.6) is 0 Å². The lowest BCUT2D eigenvalue weighted by Crippen LogP contribution is -2.17. The first-order valence-electron chi connectivity index (χ1n) is 6.00. The third-order valence-electron chi connectivity index (χ3n) is 2.97. The molecule has 0 aliphatic heterocycles. The van der Waals surface area contributed by atoms with Crippen molar-refractivity contribution < 1.29 is 9.47 Å². The Hall–Kier alpha value is -0.0800. The smallest absolute Gasteiger partial charge is 0.0494 e. The SMILES string of the molecule is COCCCCCCOCC1CCC1. The molecule has 1 fully saturated rings. The molecular weight excluding hydrogens is 176 g/mol. The maximum atomic E-state index is 5.61. The predicted octanol–water partition coefficient (Wildman–Crippen LogP) is 3.01. The van der Waals surface area contributed by atoms with Gasteiger partial charge in [0.25, 0.3) is 0 Å². The molecule has 0 amide bonds. The molecule has 0 spiro atoms. The second-order valence-corrected chi connectivity index (χ2v) is 4.28. The van der Waals surface area contributed by atoms with Crippen molar-refractivity contribution in [3.8, 4) is 0 Å². The standard InChI is InChI=1S/C12H24O2/c1-13-9-4-2-3-5-10-14-11-12-7-6-8-12/h12H,2-11H2,1H3. The van der Waals surface area contributed by atoms with Crippen LogP contribution in [0.3, 0.4) is 0 Å². The zero-order chi connectivity index (χ0) is 10.1. The van der Waals surface area contributed by atoms with Gasteiger partial charge in [-0.3, -0.25) is 0 Å². The van der Waals surface area contributed by atoms with Gasteiger partial charge in [-0.25, -0.2) is 0 Å². The van der Waals surface area contributed by atoms with E-state index in [4.69, 9.17) is 9.47 Å². The van der Waals surface area contributed by atoms with Crippen LogP contribution in [0.4, 0.5) is 0 Å². The van der Waals surface area contributed by atoms with Crippen LogP contribution in [0.2, 0.25) is 0 Å². The molecule has 0 saturated heterocycles. The fraction of sp³-hybridized carbons (Fsp3) is 1.00. The topological polar surface area (TPSA) is 18.5 Å². The van der Waals surface area contributed by atoms with Crippen LogP contribution < -0.4 is 0 Å². The number of ether oxygens (including phenoxy) is 2. The molecule has 14 heavy (non-hydrogen) atoms. The highest BCUT2D eigenvalue weighted by Crippen LogP contribution is 2.26. The van der Waals surface area contributed by atoms with Crippen LogP contribution >= 0.6 is 0 Å². The Morgan fingerprint density at radius 1 is 1.00 bits per heavy atom. The van der Waals surface area contributed by atoms with E-state index >= 15 is 0 Å². The van der Waals surface area contributed by atoms with Crippen molar-refractivity contribution in [1.29, 1.82) is 0 Å². The first-order chi connectivity index (χ1) is 6.93. The number of methoxy groups -OCH3 is 1. The molecular formula is C12H24O2. The van der Waals surface area contributed by atoms with Gasteiger partial charge in [0.1, 0.15) is 0 Å². The summed E-state index contributed by atoms with van der Waals surface area (Å²) in [4.78, 5) is 0. The summed E-state index contributed by atoms with van der Waals surface area (Å²) < 4.78 is 10.6. The lowest BCUT2D eigenvalue weighted by molar-refractivity contribution is 0.0675. The minimum atomic E-state index is 0.892. The van der Waals surface area contributed by atoms with Gasteiger partial charge in [-0.2, -0.15) is 0 Å². The molecule has 0 atom stereocenters. The van der Waals surface area contributed by atoms with E-state index < -0.39 is 0 Å². The molecule has 0 aromatic carbocycles. The molecule has 0 aromatic heterocycles. The largest absolute Gasteiger partial charge is 0.385 e. The van der Waals surface area contributed by atoms with Crippen LogP contribution in [-0.4, -0.2) is 26.9 Å². The van der Waals surface area contributed by atoms with Crippen molar-refractivity contribution in [1.82, 2.24) is 0 Å². The average Bonchev–Trinajstić information content (AvgIpc) is 2.13. The van der Waals surface area contributed by atoms with Crippen molar-refractivity contribution in [3.05, 3.63) is 0 Å². The lowest BCUT2D eigenvalue weighted by Gasteiger charge is -2.24. The maximum Gasteiger partial charge on any atom is 0.0494 e. The number of hydrogen-bond acceptors (Lipinski definition) is 2. The molecule has 0 radical (unpaired) electrons. The Bertz CT molecular complexity index is 121. The molecule has 0 bridgehead atoms. The first-order valence-corrected chi connectivity index (χ1v) is 6.00. The highest BCUT2D eigenvalue weighted by Gasteiger charge is 2.16. The molecule has 1 saturated carbocycles. The van der Waals surface area contributed by atoms with Crippen molar-refractivity contribution in [2.45, 2.75) is 44.9 Å². The summed E-state index contributed by atoms with van der Waals surface area (Å²) in [6, 6.07) is 0. The summed E-state index contributed by atoms with van der Waals surface area (Å²) in [5.41, 5.74) is 0. The van der Waals surface area contributed by atoms with Gasteiger partial charge >= 0.3 is 0 Å². The second-order valence-electron chi connectivity index (χ2n) is 4.28. The van der Waals surface area contributed by atoms with Gasteiger partial charge < -0.3 is 9.47 Å². The predicted molar refractivity (Wildman–Crippen MR) is 58.5 cm³/mol. The Balaban J connectivity index is 1.67. The third kappa shape index (κ3) is 5.61. The van der Waals surface area contributed by atoms with Crippen molar-refractivity contribution in [2.24, 2.45) is 5.92 Å². The lowest BCUT2D eigenvalue weighted by atomic mass is 9.86. The average molecular weight is 200 g/mol. The minimum absolute atomic E-state index is 0.892. The number of rotatable bonds is 9. The molecule has 2 nitrogen and oxygen atoms in total. The normalized spacial score (nSPS) is 16.9. The summed E-state index contributed by atoms with van der Waals surface area (Å²) in [7, 11) is 1.77. The zero-order valence-electron chi connectivity index (χ0n) is 9.46. The quantitative estimate of drug-likeness (QED) is 0.533. The van der Waals surface area contributed by atoms with Crippen LogP contribution in [0, 0.1) is 5.92 Å². The van der Waals surface area contributed by atoms with Crippen molar-refractivity contribution in [2.75, 3.05) is 26.9 Å². The molecule has 1 rings (SSSR count). The van der Waals surface area contributed by atoms with Gasteiger partial charge in [0.2, 0.25) is 0 Å². The summed E-state index contributed by atoms with van der Waals surface area (Å²) in [5.74, 6) is 0.892. The summed E-state index contributed by atoms with van der Waals surface area (Å²) >= 11 is 0. The van der Waals surface area contributed by atoms with Gasteiger partial charge in [-0.1, -0.05) is 19.3 Å². The van der Waals surface area contributed by atoms with Crippen LogP contribution in [0.25, 0.3) is 0 Å². The van der Waals surface area contributed by atoms with E-state index in [1.54, 1.807) is 7.11 Å². The summed E-state index contributed by atoms with van der Waals surface area (Å²) in [6.45, 7) is 2.88. The zero-order valence-corrected chi connectivity index (χ0v) is 9.46. The molecule has 0 aromatic rings. The van der Waals surface area contributed by atoms with E-state index in [1.165, 1.54) is 44.9 Å². The maximum absolute atomic E-state index is 5.61. The van der Waals surface area contributed by atoms with E-state index in [9.17, 15) is 0 Å². The molecule has 1 aliphatic rings. The van der Waals surface area contributed by atoms with Gasteiger partial charge in [0.15, 0.2) is 0 Å². The number of hydrogen-bond donors (Lipinski definition) is 0. The summed E-state index contributed by atoms with van der Waals surface area (Å²) in [5, 5.41) is 0. The first kappa shape index (κ1) is 12.0. The van der Waals surface area contributed by atoms with Crippen LogP contribution in [0.15, 0.2) is 0 Å². The fourth-order valence-corrected chi connectivity index (χ4v) is 1.71. The van der Waals surface area contributed by atoms with Gasteiger partial charge in [0.05, 0.1) is 0 Å². The van der Waals surface area contributed by atoms with Crippen molar-refractivity contribution >= 4 is 0 Å². The monoisotopic (exact) mass is 200 g/mol. The Morgan fingerprint density at radius 2 is 1.71 bits per heavy atom. The van der Waals surface area contributed by atoms with E-state index in [0.717, 1.165) is 25.7 Å². The summed E-state index contributed by atoms with van der Waals surface area (Å²) in [6.07, 6.45) is 9.19. The van der Waals surface area contributed by atoms with E-state index in [0.29, 0.717) is 0 Å².